The SMILES string of the molecule is Fc1ccc(Br)cc1C(Br)C(F)(F)F. The molecule has 0 spiro atoms. The zero-order valence-electron chi connectivity index (χ0n) is 6.58. The van der Waals surface area contributed by atoms with Gasteiger partial charge in [0.15, 0.2) is 0 Å². The summed E-state index contributed by atoms with van der Waals surface area (Å²) in [6.07, 6.45) is -4.50. The summed E-state index contributed by atoms with van der Waals surface area (Å²) >= 11 is 5.38. The van der Waals surface area contributed by atoms with Gasteiger partial charge in [-0.05, 0) is 18.2 Å². The van der Waals surface area contributed by atoms with E-state index in [1.165, 1.54) is 6.07 Å². The Morgan fingerprint density at radius 2 is 1.79 bits per heavy atom. The van der Waals surface area contributed by atoms with Crippen LogP contribution in [0.1, 0.15) is 10.4 Å². The van der Waals surface area contributed by atoms with Crippen molar-refractivity contribution in [3.63, 3.8) is 0 Å². The van der Waals surface area contributed by atoms with Gasteiger partial charge in [0, 0.05) is 10.0 Å². The standard InChI is InChI=1S/C8H4Br2F4/c9-4-1-2-6(11)5(3-4)7(10)8(12,13)14/h1-3,7H. The van der Waals surface area contributed by atoms with Crippen LogP contribution in [0.2, 0.25) is 0 Å². The Kier molecular flexibility index (Phi) is 3.58. The average molecular weight is 336 g/mol. The van der Waals surface area contributed by atoms with E-state index in [0.717, 1.165) is 12.1 Å². The van der Waals surface area contributed by atoms with Crippen LogP contribution in [0, 0.1) is 5.82 Å². The van der Waals surface area contributed by atoms with Crippen molar-refractivity contribution in [1.82, 2.24) is 0 Å². The van der Waals surface area contributed by atoms with Crippen LogP contribution in [0.25, 0.3) is 0 Å². The lowest BCUT2D eigenvalue weighted by molar-refractivity contribution is -0.128. The Morgan fingerprint density at radius 3 is 2.29 bits per heavy atom. The van der Waals surface area contributed by atoms with Crippen LogP contribution in [0.4, 0.5) is 17.6 Å². The summed E-state index contributed by atoms with van der Waals surface area (Å²) in [5, 5.41) is 0. The van der Waals surface area contributed by atoms with Gasteiger partial charge in [-0.1, -0.05) is 31.9 Å². The molecule has 0 N–H and O–H groups in total. The molecule has 0 aliphatic rings. The third-order valence-corrected chi connectivity index (χ3v) is 3.02. The Bertz CT molecular complexity index is 335. The quantitative estimate of drug-likeness (QED) is 0.520. The minimum Gasteiger partial charge on any atom is -0.207 e. The van der Waals surface area contributed by atoms with E-state index in [1.807, 2.05) is 0 Å². The molecule has 0 bridgehead atoms. The molecule has 78 valence electrons. The number of hydrogen-bond acceptors (Lipinski definition) is 0. The van der Waals surface area contributed by atoms with Crippen LogP contribution < -0.4 is 0 Å². The summed E-state index contributed by atoms with van der Waals surface area (Å²) < 4.78 is 50.1. The van der Waals surface area contributed by atoms with Gasteiger partial charge in [-0.3, -0.25) is 0 Å². The maximum absolute atomic E-state index is 13.0. The maximum atomic E-state index is 13.0. The predicted molar refractivity (Wildman–Crippen MR) is 51.8 cm³/mol. The second-order valence-corrected chi connectivity index (χ2v) is 4.40. The Morgan fingerprint density at radius 1 is 1.21 bits per heavy atom. The first kappa shape index (κ1) is 12.0. The molecule has 0 amide bonds. The van der Waals surface area contributed by atoms with E-state index < -0.39 is 22.4 Å². The average Bonchev–Trinajstić information content (AvgIpc) is 2.06. The molecule has 1 atom stereocenters. The molecule has 0 saturated heterocycles. The lowest BCUT2D eigenvalue weighted by atomic mass is 10.1. The predicted octanol–water partition coefficient (Wildman–Crippen LogP) is 4.59. The first-order valence-electron chi connectivity index (χ1n) is 3.48. The third-order valence-electron chi connectivity index (χ3n) is 1.52. The fourth-order valence-corrected chi connectivity index (χ4v) is 1.61. The molecule has 1 aromatic carbocycles. The van der Waals surface area contributed by atoms with Crippen molar-refractivity contribution in [3.8, 4) is 0 Å². The molecule has 1 unspecified atom stereocenters. The summed E-state index contributed by atoms with van der Waals surface area (Å²) in [6, 6.07) is 3.43. The molecule has 0 fully saturated rings. The van der Waals surface area contributed by atoms with E-state index in [0.29, 0.717) is 4.47 Å². The largest absolute Gasteiger partial charge is 0.405 e. The molecule has 0 aliphatic carbocycles. The number of hydrogen-bond donors (Lipinski definition) is 0. The van der Waals surface area contributed by atoms with Gasteiger partial charge in [0.2, 0.25) is 0 Å². The van der Waals surface area contributed by atoms with E-state index >= 15 is 0 Å². The Balaban J connectivity index is 3.12. The molecule has 0 heterocycles. The van der Waals surface area contributed by atoms with Crippen LogP contribution in [0.15, 0.2) is 22.7 Å². The number of benzene rings is 1. The zero-order valence-corrected chi connectivity index (χ0v) is 9.75. The lowest BCUT2D eigenvalue weighted by Gasteiger charge is -2.15. The van der Waals surface area contributed by atoms with E-state index in [9.17, 15) is 17.6 Å². The number of halogens is 6. The second-order valence-electron chi connectivity index (χ2n) is 2.57. The summed E-state index contributed by atoms with van der Waals surface area (Å²) in [5.74, 6) is -0.882. The molecule has 6 heteroatoms. The number of rotatable bonds is 1. The van der Waals surface area contributed by atoms with Crippen LogP contribution in [0.5, 0.6) is 0 Å². The topological polar surface area (TPSA) is 0 Å². The highest BCUT2D eigenvalue weighted by Crippen LogP contribution is 2.41. The molecule has 0 saturated carbocycles. The molecule has 1 rings (SSSR count). The molecule has 0 radical (unpaired) electrons. The van der Waals surface area contributed by atoms with Gasteiger partial charge in [0.25, 0.3) is 0 Å². The molecule has 0 aliphatic heterocycles. The maximum Gasteiger partial charge on any atom is 0.405 e. The zero-order chi connectivity index (χ0) is 10.9. The summed E-state index contributed by atoms with van der Waals surface area (Å²) in [4.78, 5) is -1.98. The van der Waals surface area contributed by atoms with Crippen molar-refractivity contribution in [2.24, 2.45) is 0 Å². The van der Waals surface area contributed by atoms with E-state index in [1.54, 1.807) is 0 Å². The highest BCUT2D eigenvalue weighted by atomic mass is 79.9. The van der Waals surface area contributed by atoms with Crippen molar-refractivity contribution in [2.75, 3.05) is 0 Å². The van der Waals surface area contributed by atoms with E-state index in [-0.39, 0.29) is 0 Å². The molecular formula is C8H4Br2F4. The van der Waals surface area contributed by atoms with Crippen molar-refractivity contribution in [1.29, 1.82) is 0 Å². The smallest absolute Gasteiger partial charge is 0.207 e. The minimum absolute atomic E-state index is 0.405. The van der Waals surface area contributed by atoms with Crippen molar-refractivity contribution in [3.05, 3.63) is 34.1 Å². The molecule has 0 aromatic heterocycles. The molecule has 0 nitrogen and oxygen atoms in total. The van der Waals surface area contributed by atoms with E-state index in [2.05, 4.69) is 31.9 Å². The third kappa shape index (κ3) is 2.70. The second kappa shape index (κ2) is 4.18. The van der Waals surface area contributed by atoms with Gasteiger partial charge < -0.3 is 0 Å². The van der Waals surface area contributed by atoms with Crippen molar-refractivity contribution in [2.45, 2.75) is 11.0 Å². The van der Waals surface area contributed by atoms with Gasteiger partial charge in [0.1, 0.15) is 10.6 Å². The van der Waals surface area contributed by atoms with E-state index in [4.69, 9.17) is 0 Å². The van der Waals surface area contributed by atoms with Crippen LogP contribution in [-0.4, -0.2) is 6.18 Å². The Labute approximate surface area is 94.6 Å². The van der Waals surface area contributed by atoms with Gasteiger partial charge in [-0.15, -0.1) is 0 Å². The lowest BCUT2D eigenvalue weighted by Crippen LogP contribution is -2.16. The van der Waals surface area contributed by atoms with Crippen LogP contribution in [0.3, 0.4) is 0 Å². The van der Waals surface area contributed by atoms with Gasteiger partial charge >= 0.3 is 6.18 Å². The summed E-state index contributed by atoms with van der Waals surface area (Å²) in [5.41, 5.74) is -0.424. The fraction of sp³-hybridized carbons (Fsp3) is 0.250. The van der Waals surface area contributed by atoms with Crippen molar-refractivity contribution >= 4 is 31.9 Å². The molecule has 1 aromatic rings. The van der Waals surface area contributed by atoms with Gasteiger partial charge in [-0.2, -0.15) is 13.2 Å². The van der Waals surface area contributed by atoms with Crippen LogP contribution >= 0.6 is 31.9 Å². The number of alkyl halides is 4. The normalized spacial score (nSPS) is 14.1. The highest BCUT2D eigenvalue weighted by molar-refractivity contribution is 9.10. The monoisotopic (exact) mass is 334 g/mol. The molecule has 14 heavy (non-hydrogen) atoms. The molecular weight excluding hydrogens is 332 g/mol. The Hall–Kier alpha value is -0.100. The van der Waals surface area contributed by atoms with Crippen molar-refractivity contribution < 1.29 is 17.6 Å². The highest BCUT2D eigenvalue weighted by Gasteiger charge is 2.40. The first-order valence-corrected chi connectivity index (χ1v) is 5.19. The minimum atomic E-state index is -4.50. The summed E-state index contributed by atoms with van der Waals surface area (Å²) in [7, 11) is 0. The van der Waals surface area contributed by atoms with Gasteiger partial charge in [-0.25, -0.2) is 4.39 Å². The first-order chi connectivity index (χ1) is 6.32. The van der Waals surface area contributed by atoms with Crippen LogP contribution in [-0.2, 0) is 0 Å². The van der Waals surface area contributed by atoms with Gasteiger partial charge in [0.05, 0.1) is 0 Å². The fourth-order valence-electron chi connectivity index (χ4n) is 0.885. The summed E-state index contributed by atoms with van der Waals surface area (Å²) in [6.45, 7) is 0.